The van der Waals surface area contributed by atoms with E-state index >= 15 is 0 Å². The zero-order valence-corrected chi connectivity index (χ0v) is 13.3. The van der Waals surface area contributed by atoms with Gasteiger partial charge in [0, 0.05) is 26.6 Å². The second-order valence-electron chi connectivity index (χ2n) is 4.19. The number of benzene rings is 2. The number of nitrogens with one attached hydrogen (secondary N) is 1. The fourth-order valence-corrected chi connectivity index (χ4v) is 2.53. The number of hydrogen-bond acceptors (Lipinski definition) is 2. The molecule has 0 aliphatic heterocycles. The van der Waals surface area contributed by atoms with Crippen LogP contribution in [0.1, 0.15) is 11.7 Å². The van der Waals surface area contributed by atoms with Gasteiger partial charge in [0.25, 0.3) is 0 Å². The number of aliphatic hydroxyl groups excluding tert-OH is 1. The van der Waals surface area contributed by atoms with Crippen LogP contribution in [0.5, 0.6) is 0 Å². The van der Waals surface area contributed by atoms with E-state index in [2.05, 4.69) is 21.2 Å². The molecule has 0 saturated heterocycles. The van der Waals surface area contributed by atoms with Crippen molar-refractivity contribution < 1.29 is 9.50 Å². The molecule has 0 bridgehead atoms. The first-order valence-corrected chi connectivity index (χ1v) is 7.34. The number of hydrogen-bond donors (Lipinski definition) is 2. The maximum Gasteiger partial charge on any atom is 0.125 e. The lowest BCUT2D eigenvalue weighted by Crippen LogP contribution is -2.13. The van der Waals surface area contributed by atoms with Crippen LogP contribution < -0.4 is 5.32 Å². The number of aliphatic hydroxyl groups is 1. The van der Waals surface area contributed by atoms with Gasteiger partial charge in [-0.1, -0.05) is 23.2 Å². The van der Waals surface area contributed by atoms with Crippen LogP contribution in [-0.4, -0.2) is 11.7 Å². The van der Waals surface area contributed by atoms with Crippen molar-refractivity contribution in [2.45, 2.75) is 6.10 Å². The summed E-state index contributed by atoms with van der Waals surface area (Å²) in [5.41, 5.74) is 1.08. The Labute approximate surface area is 134 Å². The van der Waals surface area contributed by atoms with Crippen molar-refractivity contribution in [1.29, 1.82) is 0 Å². The van der Waals surface area contributed by atoms with Gasteiger partial charge in [0.15, 0.2) is 0 Å². The molecule has 2 aromatic carbocycles. The van der Waals surface area contributed by atoms with Gasteiger partial charge in [-0.3, -0.25) is 0 Å². The molecule has 0 aliphatic carbocycles. The van der Waals surface area contributed by atoms with Gasteiger partial charge in [0.1, 0.15) is 5.82 Å². The van der Waals surface area contributed by atoms with Crippen LogP contribution in [0.15, 0.2) is 40.9 Å². The Balaban J connectivity index is 2.10. The normalized spacial score (nSPS) is 12.2. The second-order valence-corrected chi connectivity index (χ2v) is 5.88. The van der Waals surface area contributed by atoms with Crippen molar-refractivity contribution >= 4 is 44.8 Å². The second kappa shape index (κ2) is 6.76. The molecule has 2 rings (SSSR count). The van der Waals surface area contributed by atoms with Gasteiger partial charge in [-0.25, -0.2) is 4.39 Å². The first-order chi connectivity index (χ1) is 9.47. The molecule has 0 aliphatic rings. The maximum absolute atomic E-state index is 13.1. The Kier molecular flexibility index (Phi) is 5.27. The first kappa shape index (κ1) is 15.6. The van der Waals surface area contributed by atoms with Gasteiger partial charge < -0.3 is 10.4 Å². The summed E-state index contributed by atoms with van der Waals surface area (Å²) in [7, 11) is 0. The lowest BCUT2D eigenvalue weighted by molar-refractivity contribution is 0.191. The monoisotopic (exact) mass is 377 g/mol. The van der Waals surface area contributed by atoms with E-state index in [-0.39, 0.29) is 12.4 Å². The van der Waals surface area contributed by atoms with Crippen LogP contribution in [-0.2, 0) is 0 Å². The highest BCUT2D eigenvalue weighted by molar-refractivity contribution is 9.10. The minimum absolute atomic E-state index is 0.183. The average Bonchev–Trinajstić information content (AvgIpc) is 2.42. The Morgan fingerprint density at radius 2 is 1.95 bits per heavy atom. The van der Waals surface area contributed by atoms with E-state index in [0.717, 1.165) is 0 Å². The van der Waals surface area contributed by atoms with Crippen molar-refractivity contribution in [3.63, 3.8) is 0 Å². The van der Waals surface area contributed by atoms with E-state index in [1.54, 1.807) is 24.3 Å². The third-order valence-electron chi connectivity index (χ3n) is 2.73. The molecular formula is C14H11BrCl2FNO. The van der Waals surface area contributed by atoms with E-state index in [0.29, 0.717) is 25.8 Å². The molecule has 2 N–H and O–H groups in total. The third-order valence-corrected chi connectivity index (χ3v) is 4.00. The molecule has 0 aromatic heterocycles. The molecule has 6 heteroatoms. The summed E-state index contributed by atoms with van der Waals surface area (Å²) >= 11 is 15.2. The van der Waals surface area contributed by atoms with Crippen LogP contribution >= 0.6 is 39.1 Å². The SMILES string of the molecule is OC(CNc1cc(F)ccc1Br)c1cc(Cl)ccc1Cl. The van der Waals surface area contributed by atoms with Crippen LogP contribution in [0.25, 0.3) is 0 Å². The molecule has 20 heavy (non-hydrogen) atoms. The summed E-state index contributed by atoms with van der Waals surface area (Å²) in [4.78, 5) is 0. The molecule has 106 valence electrons. The number of anilines is 1. The lowest BCUT2D eigenvalue weighted by Gasteiger charge is -2.15. The summed E-state index contributed by atoms with van der Waals surface area (Å²) in [6.07, 6.45) is -0.851. The predicted molar refractivity (Wildman–Crippen MR) is 84.0 cm³/mol. The number of rotatable bonds is 4. The molecule has 2 nitrogen and oxygen atoms in total. The molecule has 0 spiro atoms. The van der Waals surface area contributed by atoms with E-state index < -0.39 is 6.10 Å². The Morgan fingerprint density at radius 1 is 1.20 bits per heavy atom. The van der Waals surface area contributed by atoms with E-state index in [1.807, 2.05) is 0 Å². The molecule has 1 unspecified atom stereocenters. The fourth-order valence-electron chi connectivity index (χ4n) is 1.72. The van der Waals surface area contributed by atoms with Gasteiger partial charge >= 0.3 is 0 Å². The standard InChI is InChI=1S/C14H11BrCl2FNO/c15-11-3-2-9(18)6-13(11)19-7-14(20)10-5-8(16)1-4-12(10)17/h1-6,14,19-20H,7H2. The number of halogens is 4. The van der Waals surface area contributed by atoms with E-state index in [9.17, 15) is 9.50 Å². The molecule has 2 aromatic rings. The van der Waals surface area contributed by atoms with Gasteiger partial charge in [-0.15, -0.1) is 0 Å². The van der Waals surface area contributed by atoms with Gasteiger partial charge in [-0.05, 0) is 52.3 Å². The van der Waals surface area contributed by atoms with Crippen LogP contribution in [0.3, 0.4) is 0 Å². The van der Waals surface area contributed by atoms with Crippen molar-refractivity contribution in [2.24, 2.45) is 0 Å². The summed E-state index contributed by atoms with van der Waals surface area (Å²) < 4.78 is 13.9. The van der Waals surface area contributed by atoms with Crippen molar-refractivity contribution in [3.8, 4) is 0 Å². The summed E-state index contributed by atoms with van der Waals surface area (Å²) in [5.74, 6) is -0.356. The Morgan fingerprint density at radius 3 is 2.70 bits per heavy atom. The van der Waals surface area contributed by atoms with Crippen LogP contribution in [0, 0.1) is 5.82 Å². The van der Waals surface area contributed by atoms with Crippen molar-refractivity contribution in [3.05, 3.63) is 62.3 Å². The molecule has 0 radical (unpaired) electrons. The van der Waals surface area contributed by atoms with E-state index in [4.69, 9.17) is 23.2 Å². The summed E-state index contributed by atoms with van der Waals surface area (Å²) in [6, 6.07) is 9.17. The summed E-state index contributed by atoms with van der Waals surface area (Å²) in [5, 5.41) is 14.0. The molecule has 0 fully saturated rings. The Hall–Kier alpha value is -0.810. The molecule has 1 atom stereocenters. The molecule has 0 saturated carbocycles. The highest BCUT2D eigenvalue weighted by Gasteiger charge is 2.13. The van der Waals surface area contributed by atoms with Gasteiger partial charge in [0.2, 0.25) is 0 Å². The van der Waals surface area contributed by atoms with Gasteiger partial charge in [-0.2, -0.15) is 0 Å². The third kappa shape index (κ3) is 3.85. The maximum atomic E-state index is 13.1. The lowest BCUT2D eigenvalue weighted by atomic mass is 10.1. The highest BCUT2D eigenvalue weighted by atomic mass is 79.9. The molecular weight excluding hydrogens is 368 g/mol. The topological polar surface area (TPSA) is 32.3 Å². The smallest absolute Gasteiger partial charge is 0.125 e. The van der Waals surface area contributed by atoms with Crippen LogP contribution in [0.2, 0.25) is 10.0 Å². The zero-order valence-electron chi connectivity index (χ0n) is 10.2. The van der Waals surface area contributed by atoms with Gasteiger partial charge in [0.05, 0.1) is 11.8 Å². The van der Waals surface area contributed by atoms with Crippen molar-refractivity contribution in [2.75, 3.05) is 11.9 Å². The Bertz CT molecular complexity index is 624. The summed E-state index contributed by atoms with van der Waals surface area (Å²) in [6.45, 7) is 0.183. The molecule has 0 heterocycles. The minimum atomic E-state index is -0.851. The highest BCUT2D eigenvalue weighted by Crippen LogP contribution is 2.28. The minimum Gasteiger partial charge on any atom is -0.387 e. The van der Waals surface area contributed by atoms with E-state index in [1.165, 1.54) is 12.1 Å². The quantitative estimate of drug-likeness (QED) is 0.780. The van der Waals surface area contributed by atoms with Crippen molar-refractivity contribution in [1.82, 2.24) is 0 Å². The first-order valence-electron chi connectivity index (χ1n) is 5.79. The fraction of sp³-hybridized carbons (Fsp3) is 0.143. The zero-order chi connectivity index (χ0) is 14.7. The van der Waals surface area contributed by atoms with Crippen LogP contribution in [0.4, 0.5) is 10.1 Å². The predicted octanol–water partition coefficient (Wildman–Crippen LogP) is 5.04. The largest absolute Gasteiger partial charge is 0.387 e. The molecule has 0 amide bonds. The average molecular weight is 379 g/mol.